The van der Waals surface area contributed by atoms with Gasteiger partial charge in [-0.25, -0.2) is 4.79 Å². The first-order chi connectivity index (χ1) is 6.59. The third-order valence-electron chi connectivity index (χ3n) is 1.36. The zero-order chi connectivity index (χ0) is 10.6. The lowest BCUT2D eigenvalue weighted by Gasteiger charge is -1.92. The van der Waals surface area contributed by atoms with Crippen LogP contribution in [0.5, 0.6) is 0 Å². The quantitative estimate of drug-likeness (QED) is 0.657. The molecule has 1 rings (SSSR count). The first-order valence-corrected chi connectivity index (χ1v) is 4.45. The number of aliphatic carboxylic acids is 1. The molecule has 14 heavy (non-hydrogen) atoms. The molecule has 0 unspecified atom stereocenters. The predicted octanol–water partition coefficient (Wildman–Crippen LogP) is 1.51. The second kappa shape index (κ2) is 4.66. The zero-order valence-electron chi connectivity index (χ0n) is 6.98. The number of rotatable bonds is 3. The summed E-state index contributed by atoms with van der Waals surface area (Å²) >= 11 is 3.20. The van der Waals surface area contributed by atoms with Crippen LogP contribution in [0.15, 0.2) is 29.0 Å². The maximum absolute atomic E-state index is 10.7. The Morgan fingerprint density at radius 2 is 2.14 bits per heavy atom. The maximum Gasteiger partial charge on any atom is 0.376 e. The summed E-state index contributed by atoms with van der Waals surface area (Å²) in [6.07, 6.45) is 5.51. The van der Waals surface area contributed by atoms with E-state index >= 15 is 0 Å². The van der Waals surface area contributed by atoms with E-state index in [0.29, 0.717) is 5.56 Å². The third kappa shape index (κ3) is 3.10. The molecule has 4 nitrogen and oxygen atoms in total. The number of carboxylic acids is 1. The first-order valence-electron chi connectivity index (χ1n) is 3.65. The van der Waals surface area contributed by atoms with Crippen LogP contribution in [0.1, 0.15) is 5.56 Å². The minimum atomic E-state index is -1.47. The van der Waals surface area contributed by atoms with Crippen LogP contribution in [0.4, 0.5) is 0 Å². The normalized spacial score (nSPS) is 10.4. The van der Waals surface area contributed by atoms with Gasteiger partial charge >= 0.3 is 5.97 Å². The van der Waals surface area contributed by atoms with Crippen molar-refractivity contribution in [1.29, 1.82) is 0 Å². The Labute approximate surface area is 88.4 Å². The van der Waals surface area contributed by atoms with Gasteiger partial charge in [0.25, 0.3) is 5.78 Å². The number of hydrogen-bond donors (Lipinski definition) is 1. The summed E-state index contributed by atoms with van der Waals surface area (Å²) in [5.41, 5.74) is 0.661. The Morgan fingerprint density at radius 3 is 2.71 bits per heavy atom. The molecule has 0 aliphatic carbocycles. The summed E-state index contributed by atoms with van der Waals surface area (Å²) in [6, 6.07) is 1.72. The molecule has 5 heteroatoms. The van der Waals surface area contributed by atoms with Gasteiger partial charge in [-0.15, -0.1) is 0 Å². The molecule has 0 aromatic carbocycles. The average molecular weight is 256 g/mol. The van der Waals surface area contributed by atoms with E-state index in [0.717, 1.165) is 10.5 Å². The molecule has 1 aromatic rings. The van der Waals surface area contributed by atoms with Gasteiger partial charge in [-0.1, -0.05) is 0 Å². The lowest BCUT2D eigenvalue weighted by Crippen LogP contribution is -2.08. The topological polar surface area (TPSA) is 67.3 Å². The second-order valence-electron chi connectivity index (χ2n) is 2.44. The number of carbonyl (C=O) groups excluding carboxylic acids is 1. The van der Waals surface area contributed by atoms with Crippen LogP contribution in [-0.2, 0) is 9.59 Å². The highest BCUT2D eigenvalue weighted by Crippen LogP contribution is 2.10. The van der Waals surface area contributed by atoms with Crippen molar-refractivity contribution in [1.82, 2.24) is 4.98 Å². The summed E-state index contributed by atoms with van der Waals surface area (Å²) in [6.45, 7) is 0. The van der Waals surface area contributed by atoms with Crippen molar-refractivity contribution < 1.29 is 14.7 Å². The number of aromatic nitrogens is 1. The van der Waals surface area contributed by atoms with E-state index in [2.05, 4.69) is 20.9 Å². The Kier molecular flexibility index (Phi) is 3.53. The third-order valence-corrected chi connectivity index (χ3v) is 1.80. The van der Waals surface area contributed by atoms with E-state index in [1.165, 1.54) is 12.3 Å². The van der Waals surface area contributed by atoms with Crippen molar-refractivity contribution in [3.63, 3.8) is 0 Å². The SMILES string of the molecule is O=C(O)C(=O)/C=C/c1cncc(Br)c1. The number of carbonyl (C=O) groups is 2. The van der Waals surface area contributed by atoms with Crippen molar-refractivity contribution in [3.05, 3.63) is 34.6 Å². The fourth-order valence-corrected chi connectivity index (χ4v) is 1.15. The van der Waals surface area contributed by atoms with Gasteiger partial charge < -0.3 is 5.11 Å². The number of carboxylic acid groups (broad SMARTS) is 1. The van der Waals surface area contributed by atoms with Crippen LogP contribution >= 0.6 is 15.9 Å². The van der Waals surface area contributed by atoms with Crippen LogP contribution < -0.4 is 0 Å². The number of halogens is 1. The van der Waals surface area contributed by atoms with Crippen LogP contribution in [-0.4, -0.2) is 21.8 Å². The second-order valence-corrected chi connectivity index (χ2v) is 3.35. The Bertz CT molecular complexity index is 401. The van der Waals surface area contributed by atoms with E-state index < -0.39 is 11.8 Å². The van der Waals surface area contributed by atoms with Crippen LogP contribution in [0.3, 0.4) is 0 Å². The predicted molar refractivity (Wildman–Crippen MR) is 53.6 cm³/mol. The average Bonchev–Trinajstić information content (AvgIpc) is 2.14. The maximum atomic E-state index is 10.7. The van der Waals surface area contributed by atoms with Gasteiger partial charge in [-0.2, -0.15) is 0 Å². The van der Waals surface area contributed by atoms with E-state index in [1.54, 1.807) is 12.3 Å². The monoisotopic (exact) mass is 255 g/mol. The molecular formula is C9H6BrNO3. The zero-order valence-corrected chi connectivity index (χ0v) is 8.56. The number of nitrogens with zero attached hydrogens (tertiary/aromatic N) is 1. The minimum absolute atomic E-state index is 0.661. The van der Waals surface area contributed by atoms with Crippen LogP contribution in [0, 0.1) is 0 Å². The molecule has 0 bridgehead atoms. The lowest BCUT2D eigenvalue weighted by atomic mass is 10.2. The Morgan fingerprint density at radius 1 is 1.43 bits per heavy atom. The highest BCUT2D eigenvalue weighted by molar-refractivity contribution is 9.10. The molecule has 0 aliphatic heterocycles. The number of pyridine rings is 1. The largest absolute Gasteiger partial charge is 0.475 e. The Hall–Kier alpha value is -1.49. The molecule has 1 aromatic heterocycles. The van der Waals surface area contributed by atoms with Crippen LogP contribution in [0.2, 0.25) is 0 Å². The molecule has 0 saturated heterocycles. The van der Waals surface area contributed by atoms with Gasteiger partial charge in [-0.3, -0.25) is 9.78 Å². The van der Waals surface area contributed by atoms with E-state index in [9.17, 15) is 9.59 Å². The van der Waals surface area contributed by atoms with Crippen molar-refractivity contribution in [3.8, 4) is 0 Å². The summed E-state index contributed by atoms with van der Waals surface area (Å²) in [5, 5.41) is 8.29. The molecule has 72 valence electrons. The summed E-state index contributed by atoms with van der Waals surface area (Å²) in [4.78, 5) is 24.7. The first kappa shape index (κ1) is 10.6. The molecule has 1 N–H and O–H groups in total. The fraction of sp³-hybridized carbons (Fsp3) is 0. The van der Waals surface area contributed by atoms with Gasteiger partial charge in [0.1, 0.15) is 0 Å². The van der Waals surface area contributed by atoms with Crippen LogP contribution in [0.25, 0.3) is 6.08 Å². The molecule has 0 atom stereocenters. The fourth-order valence-electron chi connectivity index (χ4n) is 0.763. The molecule has 0 amide bonds. The van der Waals surface area contributed by atoms with E-state index in [1.807, 2.05) is 0 Å². The van der Waals surface area contributed by atoms with Crippen molar-refractivity contribution in [2.45, 2.75) is 0 Å². The van der Waals surface area contributed by atoms with Crippen molar-refractivity contribution in [2.75, 3.05) is 0 Å². The smallest absolute Gasteiger partial charge is 0.376 e. The van der Waals surface area contributed by atoms with Gasteiger partial charge in [0, 0.05) is 16.9 Å². The number of ketones is 1. The Balaban J connectivity index is 2.79. The van der Waals surface area contributed by atoms with E-state index in [-0.39, 0.29) is 0 Å². The molecule has 0 saturated carbocycles. The standard InChI is InChI=1S/C9H6BrNO3/c10-7-3-6(4-11-5-7)1-2-8(12)9(13)14/h1-5H,(H,13,14)/b2-1+. The molecule has 0 aliphatic rings. The molecule has 0 fully saturated rings. The lowest BCUT2D eigenvalue weighted by molar-refractivity contribution is -0.146. The van der Waals surface area contributed by atoms with Gasteiger partial charge in [-0.05, 0) is 39.7 Å². The molecule has 1 heterocycles. The number of hydrogen-bond acceptors (Lipinski definition) is 3. The highest BCUT2D eigenvalue weighted by Gasteiger charge is 2.05. The molecule has 0 radical (unpaired) electrons. The van der Waals surface area contributed by atoms with Gasteiger partial charge in [0.05, 0.1) is 0 Å². The molecule has 0 spiro atoms. The summed E-state index contributed by atoms with van der Waals surface area (Å²) in [5.74, 6) is -2.42. The summed E-state index contributed by atoms with van der Waals surface area (Å²) in [7, 11) is 0. The van der Waals surface area contributed by atoms with Crippen molar-refractivity contribution >= 4 is 33.8 Å². The van der Waals surface area contributed by atoms with Gasteiger partial charge in [0.2, 0.25) is 0 Å². The molecular weight excluding hydrogens is 250 g/mol. The highest BCUT2D eigenvalue weighted by atomic mass is 79.9. The minimum Gasteiger partial charge on any atom is -0.475 e. The summed E-state index contributed by atoms with van der Waals surface area (Å²) < 4.78 is 0.766. The van der Waals surface area contributed by atoms with Gasteiger partial charge in [0.15, 0.2) is 0 Å². The van der Waals surface area contributed by atoms with E-state index in [4.69, 9.17) is 5.11 Å². The van der Waals surface area contributed by atoms with Crippen molar-refractivity contribution in [2.24, 2.45) is 0 Å².